The van der Waals surface area contributed by atoms with Gasteiger partial charge in [0.15, 0.2) is 25.1 Å². The lowest BCUT2D eigenvalue weighted by Crippen LogP contribution is -1.93. The van der Waals surface area contributed by atoms with Gasteiger partial charge in [-0.3, -0.25) is 19.2 Å². The molecule has 0 aromatic heterocycles. The molecule has 3 aromatic rings. The van der Waals surface area contributed by atoms with Crippen LogP contribution in [0.15, 0.2) is 60.7 Å². The summed E-state index contributed by atoms with van der Waals surface area (Å²) in [5.74, 6) is 1.85. The average molecular weight is 374 g/mol. The van der Waals surface area contributed by atoms with Crippen LogP contribution >= 0.6 is 0 Å². The first-order valence-corrected chi connectivity index (χ1v) is 8.21. The fraction of sp³-hybridized carbons (Fsp3) is 0. The molecule has 0 aliphatic rings. The van der Waals surface area contributed by atoms with E-state index in [1.165, 1.54) is 24.3 Å². The molecule has 0 unspecified atom stereocenters. The number of benzene rings is 3. The Kier molecular flexibility index (Phi) is 5.72. The van der Waals surface area contributed by atoms with Gasteiger partial charge in [-0.1, -0.05) is 0 Å². The van der Waals surface area contributed by atoms with E-state index in [9.17, 15) is 19.2 Å². The molecule has 6 heteroatoms. The van der Waals surface area contributed by atoms with E-state index in [1.54, 1.807) is 36.4 Å². The number of hydrogen-bond acceptors (Lipinski definition) is 6. The van der Waals surface area contributed by atoms with Crippen molar-refractivity contribution in [1.82, 2.24) is 0 Å². The summed E-state index contributed by atoms with van der Waals surface area (Å²) in [7, 11) is 0. The van der Waals surface area contributed by atoms with Crippen LogP contribution in [0.4, 0.5) is 0 Å². The third-order valence-electron chi connectivity index (χ3n) is 3.92. The summed E-state index contributed by atoms with van der Waals surface area (Å²) < 4.78 is 11.4. The normalized spacial score (nSPS) is 10.0. The highest BCUT2D eigenvalue weighted by molar-refractivity contribution is 5.91. The first-order chi connectivity index (χ1) is 13.7. The van der Waals surface area contributed by atoms with E-state index in [1.807, 2.05) is 0 Å². The van der Waals surface area contributed by atoms with Gasteiger partial charge in [0, 0.05) is 22.3 Å². The predicted octanol–water partition coefficient (Wildman–Crippen LogP) is 4.52. The molecule has 28 heavy (non-hydrogen) atoms. The second kappa shape index (κ2) is 8.55. The number of carbonyl (C=O) groups is 4. The third kappa shape index (κ3) is 4.19. The minimum atomic E-state index is 0.247. The van der Waals surface area contributed by atoms with Gasteiger partial charge >= 0.3 is 0 Å². The standard InChI is InChI=1S/C22H14O6/c23-11-15-1-3-21(9-17(15)13-25)27-19-5-7-20(8-6-19)28-22-4-2-16(12-24)18(10-22)14-26/h1-14H. The van der Waals surface area contributed by atoms with Crippen LogP contribution < -0.4 is 9.47 Å². The zero-order valence-electron chi connectivity index (χ0n) is 14.5. The van der Waals surface area contributed by atoms with Crippen LogP contribution in [-0.4, -0.2) is 25.1 Å². The van der Waals surface area contributed by atoms with E-state index in [0.29, 0.717) is 59.3 Å². The maximum atomic E-state index is 11.0. The minimum absolute atomic E-state index is 0.247. The molecule has 0 radical (unpaired) electrons. The molecular formula is C22H14O6. The van der Waals surface area contributed by atoms with E-state index in [2.05, 4.69) is 0 Å². The van der Waals surface area contributed by atoms with Gasteiger partial charge in [-0.15, -0.1) is 0 Å². The molecule has 138 valence electrons. The second-order valence-corrected chi connectivity index (χ2v) is 5.73. The molecule has 0 saturated heterocycles. The first-order valence-electron chi connectivity index (χ1n) is 8.21. The maximum absolute atomic E-state index is 11.0. The van der Waals surface area contributed by atoms with Gasteiger partial charge in [0.05, 0.1) is 0 Å². The summed E-state index contributed by atoms with van der Waals surface area (Å²) in [5.41, 5.74) is 1.08. The molecule has 0 fully saturated rings. The quantitative estimate of drug-likeness (QED) is 0.539. The molecule has 0 aliphatic carbocycles. The largest absolute Gasteiger partial charge is 0.457 e. The van der Waals surface area contributed by atoms with Crippen molar-refractivity contribution in [2.45, 2.75) is 0 Å². The summed E-state index contributed by atoms with van der Waals surface area (Å²) in [6.07, 6.45) is 2.41. The van der Waals surface area contributed by atoms with Crippen molar-refractivity contribution >= 4 is 25.1 Å². The van der Waals surface area contributed by atoms with Crippen LogP contribution in [0.1, 0.15) is 41.4 Å². The molecule has 0 spiro atoms. The number of aldehydes is 4. The smallest absolute Gasteiger partial charge is 0.150 e. The Morgan fingerprint density at radius 2 is 0.750 bits per heavy atom. The van der Waals surface area contributed by atoms with Crippen LogP contribution in [0.5, 0.6) is 23.0 Å². The van der Waals surface area contributed by atoms with E-state index in [4.69, 9.17) is 9.47 Å². The van der Waals surface area contributed by atoms with Crippen molar-refractivity contribution < 1.29 is 28.7 Å². The molecular weight excluding hydrogens is 360 g/mol. The zero-order valence-corrected chi connectivity index (χ0v) is 14.5. The van der Waals surface area contributed by atoms with Crippen LogP contribution in [0, 0.1) is 0 Å². The van der Waals surface area contributed by atoms with Crippen molar-refractivity contribution in [3.8, 4) is 23.0 Å². The summed E-state index contributed by atoms with van der Waals surface area (Å²) in [6, 6.07) is 15.9. The van der Waals surface area contributed by atoms with Crippen LogP contribution in [-0.2, 0) is 0 Å². The molecule has 0 bridgehead atoms. The molecule has 0 aliphatic heterocycles. The Bertz CT molecular complexity index is 953. The van der Waals surface area contributed by atoms with Crippen molar-refractivity contribution in [3.63, 3.8) is 0 Å². The average Bonchev–Trinajstić information content (AvgIpc) is 2.74. The number of rotatable bonds is 8. The summed E-state index contributed by atoms with van der Waals surface area (Å²) in [6.45, 7) is 0. The first kappa shape index (κ1) is 18.7. The van der Waals surface area contributed by atoms with Crippen LogP contribution in [0.25, 0.3) is 0 Å². The van der Waals surface area contributed by atoms with Crippen molar-refractivity contribution in [1.29, 1.82) is 0 Å². The highest BCUT2D eigenvalue weighted by Crippen LogP contribution is 2.28. The van der Waals surface area contributed by atoms with E-state index in [-0.39, 0.29) is 11.1 Å². The van der Waals surface area contributed by atoms with Gasteiger partial charge in [-0.2, -0.15) is 0 Å². The van der Waals surface area contributed by atoms with E-state index >= 15 is 0 Å². The van der Waals surface area contributed by atoms with Gasteiger partial charge < -0.3 is 9.47 Å². The van der Waals surface area contributed by atoms with E-state index in [0.717, 1.165) is 0 Å². The fourth-order valence-corrected chi connectivity index (χ4v) is 2.50. The van der Waals surface area contributed by atoms with Gasteiger partial charge in [-0.25, -0.2) is 0 Å². The number of ether oxygens (including phenoxy) is 2. The summed E-state index contributed by atoms with van der Waals surface area (Å²) in [4.78, 5) is 43.8. The highest BCUT2D eigenvalue weighted by Gasteiger charge is 2.06. The van der Waals surface area contributed by atoms with Gasteiger partial charge in [0.1, 0.15) is 23.0 Å². The van der Waals surface area contributed by atoms with Gasteiger partial charge in [0.2, 0.25) is 0 Å². The Labute approximate surface area is 160 Å². The van der Waals surface area contributed by atoms with Crippen LogP contribution in [0.3, 0.4) is 0 Å². The third-order valence-corrected chi connectivity index (χ3v) is 3.92. The van der Waals surface area contributed by atoms with Gasteiger partial charge in [-0.05, 0) is 60.7 Å². The Morgan fingerprint density at radius 1 is 0.429 bits per heavy atom. The second-order valence-electron chi connectivity index (χ2n) is 5.73. The lowest BCUT2D eigenvalue weighted by molar-refractivity contribution is 0.109. The van der Waals surface area contributed by atoms with E-state index < -0.39 is 0 Å². The molecule has 0 N–H and O–H groups in total. The zero-order chi connectivity index (χ0) is 19.9. The molecule has 0 heterocycles. The number of carbonyl (C=O) groups excluding carboxylic acids is 4. The van der Waals surface area contributed by atoms with Crippen molar-refractivity contribution in [3.05, 3.63) is 82.9 Å². The molecule has 6 nitrogen and oxygen atoms in total. The Hall–Kier alpha value is -4.06. The SMILES string of the molecule is O=Cc1ccc(Oc2ccc(Oc3ccc(C=O)c(C=O)c3)cc2)cc1C=O. The lowest BCUT2D eigenvalue weighted by atomic mass is 10.1. The Balaban J connectivity index is 1.73. The highest BCUT2D eigenvalue weighted by atomic mass is 16.5. The topological polar surface area (TPSA) is 86.7 Å². The van der Waals surface area contributed by atoms with Crippen molar-refractivity contribution in [2.75, 3.05) is 0 Å². The summed E-state index contributed by atoms with van der Waals surface area (Å²) >= 11 is 0. The van der Waals surface area contributed by atoms with Gasteiger partial charge in [0.25, 0.3) is 0 Å². The maximum Gasteiger partial charge on any atom is 0.150 e. The monoisotopic (exact) mass is 374 g/mol. The predicted molar refractivity (Wildman–Crippen MR) is 101 cm³/mol. The molecule has 0 saturated carbocycles. The Morgan fingerprint density at radius 3 is 1.07 bits per heavy atom. The molecule has 0 amide bonds. The number of hydrogen-bond donors (Lipinski definition) is 0. The summed E-state index contributed by atoms with van der Waals surface area (Å²) in [5, 5.41) is 0. The molecule has 3 aromatic carbocycles. The van der Waals surface area contributed by atoms with Crippen molar-refractivity contribution in [2.24, 2.45) is 0 Å². The molecule has 0 atom stereocenters. The fourth-order valence-electron chi connectivity index (χ4n) is 2.50. The minimum Gasteiger partial charge on any atom is -0.457 e. The molecule has 3 rings (SSSR count). The lowest BCUT2D eigenvalue weighted by Gasteiger charge is -2.10. The van der Waals surface area contributed by atoms with Crippen LogP contribution in [0.2, 0.25) is 0 Å².